The Kier molecular flexibility index (Phi) is 3.47. The molecule has 12 heavy (non-hydrogen) atoms. The molecule has 0 bridgehead atoms. The molecule has 0 unspecified atom stereocenters. The van der Waals surface area contributed by atoms with E-state index in [0.29, 0.717) is 12.8 Å². The molecule has 0 amide bonds. The van der Waals surface area contributed by atoms with E-state index in [9.17, 15) is 9.18 Å². The van der Waals surface area contributed by atoms with Crippen LogP contribution >= 0.6 is 0 Å². The molecule has 1 saturated carbocycles. The SMILES string of the molecule is O=C(CO)O[C@H]1CCCC[C@@H]1F. The number of halogens is 1. The minimum Gasteiger partial charge on any atom is -0.458 e. The highest BCUT2D eigenvalue weighted by Gasteiger charge is 2.27. The fourth-order valence-corrected chi connectivity index (χ4v) is 1.39. The van der Waals surface area contributed by atoms with E-state index in [-0.39, 0.29) is 0 Å². The van der Waals surface area contributed by atoms with Crippen molar-refractivity contribution in [2.45, 2.75) is 38.0 Å². The average Bonchev–Trinajstić information content (AvgIpc) is 2.09. The summed E-state index contributed by atoms with van der Waals surface area (Å²) in [5.74, 6) is -0.732. The number of ether oxygens (including phenoxy) is 1. The van der Waals surface area contributed by atoms with Gasteiger partial charge >= 0.3 is 5.97 Å². The fourth-order valence-electron chi connectivity index (χ4n) is 1.39. The van der Waals surface area contributed by atoms with Crippen LogP contribution in [0.25, 0.3) is 0 Å². The van der Waals surface area contributed by atoms with Gasteiger partial charge in [0, 0.05) is 0 Å². The van der Waals surface area contributed by atoms with Gasteiger partial charge in [0.25, 0.3) is 0 Å². The lowest BCUT2D eigenvalue weighted by Gasteiger charge is -2.25. The summed E-state index contributed by atoms with van der Waals surface area (Å²) < 4.78 is 17.7. The maximum absolute atomic E-state index is 13.0. The van der Waals surface area contributed by atoms with E-state index < -0.39 is 24.9 Å². The van der Waals surface area contributed by atoms with E-state index in [1.165, 1.54) is 0 Å². The molecule has 70 valence electrons. The number of hydrogen-bond acceptors (Lipinski definition) is 3. The Bertz CT molecular complexity index is 160. The molecule has 0 aliphatic heterocycles. The van der Waals surface area contributed by atoms with Gasteiger partial charge in [0.2, 0.25) is 0 Å². The lowest BCUT2D eigenvalue weighted by molar-refractivity contribution is -0.157. The predicted molar refractivity (Wildman–Crippen MR) is 40.3 cm³/mol. The molecular weight excluding hydrogens is 163 g/mol. The smallest absolute Gasteiger partial charge is 0.332 e. The molecule has 0 aromatic carbocycles. The summed E-state index contributed by atoms with van der Waals surface area (Å²) in [4.78, 5) is 10.6. The number of esters is 1. The molecule has 1 aliphatic carbocycles. The van der Waals surface area contributed by atoms with Crippen molar-refractivity contribution < 1.29 is 19.0 Å². The van der Waals surface area contributed by atoms with E-state index in [0.717, 1.165) is 12.8 Å². The number of carbonyl (C=O) groups excluding carboxylic acids is 1. The van der Waals surface area contributed by atoms with E-state index in [2.05, 4.69) is 4.74 Å². The molecule has 1 rings (SSSR count). The summed E-state index contributed by atoms with van der Waals surface area (Å²) in [5.41, 5.74) is 0. The van der Waals surface area contributed by atoms with Crippen LogP contribution in [-0.4, -0.2) is 30.0 Å². The summed E-state index contributed by atoms with van der Waals surface area (Å²) in [5, 5.41) is 8.35. The van der Waals surface area contributed by atoms with Crippen LogP contribution in [-0.2, 0) is 9.53 Å². The normalized spacial score (nSPS) is 29.8. The van der Waals surface area contributed by atoms with Crippen molar-refractivity contribution in [3.8, 4) is 0 Å². The lowest BCUT2D eigenvalue weighted by Crippen LogP contribution is -2.32. The molecule has 0 aromatic heterocycles. The zero-order valence-corrected chi connectivity index (χ0v) is 6.83. The van der Waals surface area contributed by atoms with E-state index in [4.69, 9.17) is 5.11 Å². The minimum atomic E-state index is -1.05. The van der Waals surface area contributed by atoms with Gasteiger partial charge in [-0.15, -0.1) is 0 Å². The number of aliphatic hydroxyl groups is 1. The second-order valence-electron chi connectivity index (χ2n) is 2.99. The van der Waals surface area contributed by atoms with Crippen molar-refractivity contribution in [3.63, 3.8) is 0 Å². The first-order valence-electron chi connectivity index (χ1n) is 4.18. The Balaban J connectivity index is 2.33. The molecule has 3 nitrogen and oxygen atoms in total. The molecule has 0 spiro atoms. The maximum Gasteiger partial charge on any atom is 0.332 e. The first kappa shape index (κ1) is 9.45. The Morgan fingerprint density at radius 2 is 2.17 bits per heavy atom. The summed E-state index contributed by atoms with van der Waals surface area (Å²) in [6.07, 6.45) is 1.11. The number of alkyl halides is 1. The highest BCUT2D eigenvalue weighted by molar-refractivity contribution is 5.70. The summed E-state index contributed by atoms with van der Waals surface area (Å²) in [6, 6.07) is 0. The number of aliphatic hydroxyl groups excluding tert-OH is 1. The van der Waals surface area contributed by atoms with Crippen molar-refractivity contribution in [1.82, 2.24) is 0 Å². The van der Waals surface area contributed by atoms with Crippen LogP contribution in [0.3, 0.4) is 0 Å². The molecule has 0 radical (unpaired) electrons. The van der Waals surface area contributed by atoms with E-state index in [1.807, 2.05) is 0 Å². The second kappa shape index (κ2) is 4.40. The third-order valence-electron chi connectivity index (χ3n) is 2.03. The number of rotatable bonds is 2. The molecule has 0 saturated heterocycles. The van der Waals surface area contributed by atoms with Crippen molar-refractivity contribution in [3.05, 3.63) is 0 Å². The third kappa shape index (κ3) is 2.44. The molecule has 1 aliphatic rings. The van der Waals surface area contributed by atoms with Crippen molar-refractivity contribution >= 4 is 5.97 Å². The highest BCUT2D eigenvalue weighted by atomic mass is 19.1. The van der Waals surface area contributed by atoms with Crippen molar-refractivity contribution in [2.75, 3.05) is 6.61 Å². The predicted octanol–water partition coefficient (Wildman–Crippen LogP) is 0.803. The van der Waals surface area contributed by atoms with Crippen molar-refractivity contribution in [2.24, 2.45) is 0 Å². The van der Waals surface area contributed by atoms with Crippen LogP contribution < -0.4 is 0 Å². The quantitative estimate of drug-likeness (QED) is 0.633. The number of hydrogen-bond donors (Lipinski definition) is 1. The summed E-state index contributed by atoms with van der Waals surface area (Å²) >= 11 is 0. The molecule has 1 fully saturated rings. The highest BCUT2D eigenvalue weighted by Crippen LogP contribution is 2.23. The van der Waals surface area contributed by atoms with Crippen LogP contribution in [0, 0.1) is 0 Å². The first-order chi connectivity index (χ1) is 5.74. The van der Waals surface area contributed by atoms with Crippen LogP contribution in [0.2, 0.25) is 0 Å². The average molecular weight is 176 g/mol. The maximum atomic E-state index is 13.0. The molecule has 2 atom stereocenters. The summed E-state index contributed by atoms with van der Waals surface area (Å²) in [6.45, 7) is -0.663. The van der Waals surface area contributed by atoms with Gasteiger partial charge in [0.05, 0.1) is 0 Å². The topological polar surface area (TPSA) is 46.5 Å². The van der Waals surface area contributed by atoms with Gasteiger partial charge in [-0.2, -0.15) is 0 Å². The monoisotopic (exact) mass is 176 g/mol. The van der Waals surface area contributed by atoms with Gasteiger partial charge in [-0.25, -0.2) is 9.18 Å². The molecular formula is C8H13FO3. The standard InChI is InChI=1S/C8H13FO3/c9-6-3-1-2-4-7(6)12-8(11)5-10/h6-7,10H,1-5H2/t6-,7-/m0/s1. The van der Waals surface area contributed by atoms with Gasteiger partial charge < -0.3 is 9.84 Å². The first-order valence-corrected chi connectivity index (χ1v) is 4.18. The van der Waals surface area contributed by atoms with E-state index >= 15 is 0 Å². The van der Waals surface area contributed by atoms with Gasteiger partial charge in [0.15, 0.2) is 0 Å². The van der Waals surface area contributed by atoms with Crippen molar-refractivity contribution in [1.29, 1.82) is 0 Å². The minimum absolute atomic E-state index is 0.462. The number of carbonyl (C=O) groups is 1. The van der Waals surface area contributed by atoms with Crippen LogP contribution in [0.15, 0.2) is 0 Å². The van der Waals surface area contributed by atoms with Gasteiger partial charge in [-0.05, 0) is 19.3 Å². The zero-order valence-electron chi connectivity index (χ0n) is 6.83. The summed E-state index contributed by atoms with van der Waals surface area (Å²) in [7, 11) is 0. The molecule has 4 heteroatoms. The second-order valence-corrected chi connectivity index (χ2v) is 2.99. The molecule has 0 aromatic rings. The third-order valence-corrected chi connectivity index (χ3v) is 2.03. The lowest BCUT2D eigenvalue weighted by atomic mass is 9.96. The molecule has 0 heterocycles. The van der Waals surface area contributed by atoms with Crippen LogP contribution in [0.1, 0.15) is 25.7 Å². The Morgan fingerprint density at radius 3 is 2.75 bits per heavy atom. The Morgan fingerprint density at radius 1 is 1.50 bits per heavy atom. The van der Waals surface area contributed by atoms with Gasteiger partial charge in [-0.1, -0.05) is 6.42 Å². The Labute approximate surface area is 70.5 Å². The zero-order chi connectivity index (χ0) is 8.97. The Hall–Kier alpha value is -0.640. The van der Waals surface area contributed by atoms with Gasteiger partial charge in [-0.3, -0.25) is 0 Å². The molecule has 1 N–H and O–H groups in total. The van der Waals surface area contributed by atoms with Gasteiger partial charge in [0.1, 0.15) is 18.9 Å². The van der Waals surface area contributed by atoms with Crippen LogP contribution in [0.5, 0.6) is 0 Å². The largest absolute Gasteiger partial charge is 0.458 e. The van der Waals surface area contributed by atoms with Crippen LogP contribution in [0.4, 0.5) is 4.39 Å². The van der Waals surface area contributed by atoms with E-state index in [1.54, 1.807) is 0 Å². The fraction of sp³-hybridized carbons (Fsp3) is 0.875.